The Balaban J connectivity index is 2.27. The monoisotopic (exact) mass is 258 g/mol. The van der Waals surface area contributed by atoms with Crippen LogP contribution in [0.4, 0.5) is 4.79 Å². The van der Waals surface area contributed by atoms with Crippen LogP contribution in [-0.4, -0.2) is 71.7 Å². The fraction of sp³-hybridized carbons (Fsp3) is 0.818. The second-order valence-corrected chi connectivity index (χ2v) is 5.28. The molecule has 7 heteroatoms. The van der Waals surface area contributed by atoms with Crippen molar-refractivity contribution in [3.63, 3.8) is 0 Å². The third-order valence-corrected chi connectivity index (χ3v) is 2.71. The second kappa shape index (κ2) is 6.12. The molecule has 0 aromatic carbocycles. The van der Waals surface area contributed by atoms with Crippen molar-refractivity contribution in [2.24, 2.45) is 5.73 Å². The molecule has 0 unspecified atom stereocenters. The lowest BCUT2D eigenvalue weighted by atomic mass is 10.1. The van der Waals surface area contributed by atoms with Crippen LogP contribution in [0.5, 0.6) is 0 Å². The van der Waals surface area contributed by atoms with Crippen LogP contribution in [0, 0.1) is 0 Å². The Kier molecular flexibility index (Phi) is 5.06. The van der Waals surface area contributed by atoms with E-state index < -0.39 is 11.6 Å². The first-order valence-corrected chi connectivity index (χ1v) is 6.03. The van der Waals surface area contributed by atoms with E-state index in [-0.39, 0.29) is 12.5 Å². The van der Waals surface area contributed by atoms with Gasteiger partial charge < -0.3 is 10.8 Å². The Morgan fingerprint density at radius 1 is 1.22 bits per heavy atom. The summed E-state index contributed by atoms with van der Waals surface area (Å²) in [6, 6.07) is -0.819. The van der Waals surface area contributed by atoms with Crippen molar-refractivity contribution in [3.8, 4) is 0 Å². The van der Waals surface area contributed by atoms with Crippen molar-refractivity contribution in [1.82, 2.24) is 15.1 Å². The van der Waals surface area contributed by atoms with E-state index >= 15 is 0 Å². The minimum atomic E-state index is -0.819. The minimum absolute atomic E-state index is 0.180. The predicted molar refractivity (Wildman–Crippen MR) is 66.9 cm³/mol. The Morgan fingerprint density at radius 3 is 2.17 bits per heavy atom. The summed E-state index contributed by atoms with van der Waals surface area (Å²) in [4.78, 5) is 25.9. The van der Waals surface area contributed by atoms with Gasteiger partial charge in [0.25, 0.3) is 0 Å². The number of piperazine rings is 1. The van der Waals surface area contributed by atoms with Gasteiger partial charge in [0.05, 0.1) is 12.1 Å². The van der Waals surface area contributed by atoms with Crippen molar-refractivity contribution in [2.45, 2.75) is 19.4 Å². The van der Waals surface area contributed by atoms with Crippen LogP contribution in [0.2, 0.25) is 0 Å². The number of nitrogens with zero attached hydrogens (tertiary/aromatic N) is 2. The first-order valence-electron chi connectivity index (χ1n) is 6.03. The van der Waals surface area contributed by atoms with Gasteiger partial charge in [-0.05, 0) is 13.8 Å². The van der Waals surface area contributed by atoms with E-state index in [0.717, 1.165) is 26.2 Å². The van der Waals surface area contributed by atoms with Gasteiger partial charge >= 0.3 is 6.03 Å². The zero-order chi connectivity index (χ0) is 13.8. The molecule has 1 aliphatic heterocycles. The van der Waals surface area contributed by atoms with Crippen LogP contribution in [0.15, 0.2) is 0 Å². The number of β-amino-alcohol motifs (C(OH)–C–C–N with tert-alkyl or cyclic N) is 1. The second-order valence-electron chi connectivity index (χ2n) is 5.28. The molecule has 18 heavy (non-hydrogen) atoms. The van der Waals surface area contributed by atoms with Crippen LogP contribution in [0.25, 0.3) is 0 Å². The molecule has 1 heterocycles. The predicted octanol–water partition coefficient (Wildman–Crippen LogP) is -1.43. The molecule has 0 aromatic rings. The summed E-state index contributed by atoms with van der Waals surface area (Å²) in [5, 5.41) is 11.8. The molecule has 1 fully saturated rings. The Hall–Kier alpha value is -1.18. The fourth-order valence-electron chi connectivity index (χ4n) is 2.03. The van der Waals surface area contributed by atoms with Gasteiger partial charge in [0.2, 0.25) is 5.91 Å². The van der Waals surface area contributed by atoms with Gasteiger partial charge in [0.15, 0.2) is 0 Å². The number of nitrogens with two attached hydrogens (primary N) is 1. The third kappa shape index (κ3) is 5.95. The summed E-state index contributed by atoms with van der Waals surface area (Å²) >= 11 is 0. The topological polar surface area (TPSA) is 98.9 Å². The summed E-state index contributed by atoms with van der Waals surface area (Å²) < 4.78 is 0. The molecule has 3 amide bonds. The molecule has 104 valence electrons. The molecule has 4 N–H and O–H groups in total. The van der Waals surface area contributed by atoms with Crippen molar-refractivity contribution in [1.29, 1.82) is 0 Å². The molecule has 0 aliphatic carbocycles. The van der Waals surface area contributed by atoms with E-state index in [2.05, 4.69) is 4.90 Å². The summed E-state index contributed by atoms with van der Waals surface area (Å²) in [6.07, 6.45) is 0. The van der Waals surface area contributed by atoms with Gasteiger partial charge in [-0.25, -0.2) is 4.79 Å². The number of carbonyl (C=O) groups is 2. The maximum absolute atomic E-state index is 11.3. The largest absolute Gasteiger partial charge is 0.389 e. The highest BCUT2D eigenvalue weighted by atomic mass is 16.3. The maximum atomic E-state index is 11.3. The van der Waals surface area contributed by atoms with Gasteiger partial charge in [-0.15, -0.1) is 0 Å². The van der Waals surface area contributed by atoms with E-state index in [9.17, 15) is 14.7 Å². The van der Waals surface area contributed by atoms with Crippen molar-refractivity contribution >= 4 is 11.9 Å². The molecule has 1 aliphatic rings. The molecule has 7 nitrogen and oxygen atoms in total. The van der Waals surface area contributed by atoms with E-state index in [0.29, 0.717) is 6.54 Å². The molecule has 0 aromatic heterocycles. The highest BCUT2D eigenvalue weighted by Gasteiger charge is 2.23. The molecule has 0 atom stereocenters. The standard InChI is InChI=1S/C11H22N4O3/c1-11(2,18)8-15-5-3-14(4-6-15)7-9(16)13-10(12)17/h18H,3-8H2,1-2H3,(H3,12,13,16,17). The summed E-state index contributed by atoms with van der Waals surface area (Å²) in [7, 11) is 0. The number of nitrogens with one attached hydrogen (secondary N) is 1. The molecular formula is C11H22N4O3. The third-order valence-electron chi connectivity index (χ3n) is 2.71. The number of aliphatic hydroxyl groups is 1. The summed E-state index contributed by atoms with van der Waals surface area (Å²) in [5.74, 6) is -0.376. The van der Waals surface area contributed by atoms with Crippen molar-refractivity contribution in [2.75, 3.05) is 39.3 Å². The number of primary amides is 1. The molecular weight excluding hydrogens is 236 g/mol. The van der Waals surface area contributed by atoms with Gasteiger partial charge in [0, 0.05) is 32.7 Å². The van der Waals surface area contributed by atoms with Gasteiger partial charge in [0.1, 0.15) is 0 Å². The Morgan fingerprint density at radius 2 is 1.72 bits per heavy atom. The van der Waals surface area contributed by atoms with Gasteiger partial charge in [-0.3, -0.25) is 19.9 Å². The van der Waals surface area contributed by atoms with Crippen LogP contribution < -0.4 is 11.1 Å². The van der Waals surface area contributed by atoms with Crippen LogP contribution >= 0.6 is 0 Å². The maximum Gasteiger partial charge on any atom is 0.318 e. The van der Waals surface area contributed by atoms with E-state index in [4.69, 9.17) is 5.73 Å². The number of rotatable bonds is 4. The SMILES string of the molecule is CC(C)(O)CN1CCN(CC(=O)NC(N)=O)CC1. The number of carbonyl (C=O) groups excluding carboxylic acids is 2. The summed E-state index contributed by atoms with van der Waals surface area (Å²) in [6.45, 7) is 7.43. The summed E-state index contributed by atoms with van der Waals surface area (Å²) in [5.41, 5.74) is 4.16. The highest BCUT2D eigenvalue weighted by molar-refractivity contribution is 5.94. The lowest BCUT2D eigenvalue weighted by Gasteiger charge is -2.36. The van der Waals surface area contributed by atoms with Crippen molar-refractivity contribution in [3.05, 3.63) is 0 Å². The van der Waals surface area contributed by atoms with Gasteiger partial charge in [-0.1, -0.05) is 0 Å². The highest BCUT2D eigenvalue weighted by Crippen LogP contribution is 2.08. The first kappa shape index (κ1) is 14.9. The Bertz CT molecular complexity index is 306. The van der Waals surface area contributed by atoms with Gasteiger partial charge in [-0.2, -0.15) is 0 Å². The number of amides is 3. The van der Waals surface area contributed by atoms with Crippen molar-refractivity contribution < 1.29 is 14.7 Å². The van der Waals surface area contributed by atoms with E-state index in [1.165, 1.54) is 0 Å². The smallest absolute Gasteiger partial charge is 0.318 e. The average Bonchev–Trinajstić information content (AvgIpc) is 2.17. The van der Waals surface area contributed by atoms with Crippen LogP contribution in [0.3, 0.4) is 0 Å². The average molecular weight is 258 g/mol. The quantitative estimate of drug-likeness (QED) is 0.574. The zero-order valence-electron chi connectivity index (χ0n) is 11.0. The normalized spacial score (nSPS) is 18.6. The number of urea groups is 1. The van der Waals surface area contributed by atoms with Crippen LogP contribution in [0.1, 0.15) is 13.8 Å². The van der Waals surface area contributed by atoms with Crippen LogP contribution in [-0.2, 0) is 4.79 Å². The first-order chi connectivity index (χ1) is 8.26. The molecule has 0 radical (unpaired) electrons. The number of imide groups is 1. The molecule has 1 rings (SSSR count). The Labute approximate surface area is 107 Å². The fourth-order valence-corrected chi connectivity index (χ4v) is 2.03. The number of hydrogen-bond donors (Lipinski definition) is 3. The molecule has 0 bridgehead atoms. The molecule has 1 saturated heterocycles. The van der Waals surface area contributed by atoms with E-state index in [1.54, 1.807) is 13.8 Å². The lowest BCUT2D eigenvalue weighted by Crippen LogP contribution is -2.52. The minimum Gasteiger partial charge on any atom is -0.389 e. The zero-order valence-corrected chi connectivity index (χ0v) is 11.0. The lowest BCUT2D eigenvalue weighted by molar-refractivity contribution is -0.121. The number of hydrogen-bond acceptors (Lipinski definition) is 5. The molecule has 0 saturated carbocycles. The molecule has 0 spiro atoms. The van der Waals surface area contributed by atoms with E-state index in [1.807, 2.05) is 10.2 Å².